The molecule has 4 aromatic rings. The SMILES string of the molecule is COCc1cc(N2C[C@H](C)N[C@@H](C)C2)cc2[nH]nc(Nc3cc(F)c4nc(C)cn4c3)c12. The summed E-state index contributed by atoms with van der Waals surface area (Å²) in [6.07, 6.45) is 3.61. The molecular weight excluding hydrogens is 409 g/mol. The highest BCUT2D eigenvalue weighted by molar-refractivity contribution is 5.96. The van der Waals surface area contributed by atoms with Crippen LogP contribution in [0.25, 0.3) is 16.6 Å². The molecule has 0 bridgehead atoms. The highest BCUT2D eigenvalue weighted by Crippen LogP contribution is 2.33. The minimum absolute atomic E-state index is 0.309. The minimum atomic E-state index is -0.385. The van der Waals surface area contributed by atoms with Gasteiger partial charge in [-0.05, 0) is 38.5 Å². The Labute approximate surface area is 185 Å². The number of fused-ring (bicyclic) bond motifs is 2. The van der Waals surface area contributed by atoms with Crippen LogP contribution in [-0.4, -0.2) is 51.9 Å². The van der Waals surface area contributed by atoms with Crippen LogP contribution in [0.3, 0.4) is 0 Å². The highest BCUT2D eigenvalue weighted by atomic mass is 19.1. The summed E-state index contributed by atoms with van der Waals surface area (Å²) in [5.41, 5.74) is 4.74. The second kappa shape index (κ2) is 8.07. The van der Waals surface area contributed by atoms with Crippen LogP contribution in [0.5, 0.6) is 0 Å². The van der Waals surface area contributed by atoms with Gasteiger partial charge in [0.2, 0.25) is 0 Å². The van der Waals surface area contributed by atoms with Gasteiger partial charge in [-0.3, -0.25) is 5.10 Å². The summed E-state index contributed by atoms with van der Waals surface area (Å²) < 4.78 is 21.7. The number of nitrogens with one attached hydrogen (secondary N) is 3. The molecule has 1 aliphatic rings. The zero-order chi connectivity index (χ0) is 22.4. The summed E-state index contributed by atoms with van der Waals surface area (Å²) >= 11 is 0. The number of halogens is 1. The third kappa shape index (κ3) is 3.78. The summed E-state index contributed by atoms with van der Waals surface area (Å²) in [4.78, 5) is 6.61. The van der Waals surface area contributed by atoms with Gasteiger partial charge in [-0.2, -0.15) is 5.10 Å². The molecule has 5 rings (SSSR count). The fourth-order valence-electron chi connectivity index (χ4n) is 4.69. The molecule has 168 valence electrons. The van der Waals surface area contributed by atoms with Gasteiger partial charge < -0.3 is 24.7 Å². The summed E-state index contributed by atoms with van der Waals surface area (Å²) in [5.74, 6) is 0.250. The average molecular weight is 438 g/mol. The van der Waals surface area contributed by atoms with E-state index in [0.29, 0.717) is 35.8 Å². The van der Waals surface area contributed by atoms with Gasteiger partial charge >= 0.3 is 0 Å². The molecule has 0 amide bonds. The Morgan fingerprint density at radius 2 is 1.97 bits per heavy atom. The first-order valence-electron chi connectivity index (χ1n) is 10.8. The van der Waals surface area contributed by atoms with Crippen LogP contribution in [0.1, 0.15) is 25.1 Å². The molecule has 0 spiro atoms. The van der Waals surface area contributed by atoms with Crippen molar-refractivity contribution in [2.75, 3.05) is 30.4 Å². The predicted octanol–water partition coefficient (Wildman–Crippen LogP) is 3.73. The van der Waals surface area contributed by atoms with Crippen LogP contribution in [0.2, 0.25) is 0 Å². The number of benzene rings is 1. The first kappa shape index (κ1) is 20.7. The molecule has 4 heterocycles. The maximum Gasteiger partial charge on any atom is 0.173 e. The van der Waals surface area contributed by atoms with Crippen molar-refractivity contribution in [3.8, 4) is 0 Å². The topological polar surface area (TPSA) is 82.5 Å². The van der Waals surface area contributed by atoms with Crippen molar-refractivity contribution in [3.63, 3.8) is 0 Å². The molecule has 3 aromatic heterocycles. The number of hydrogen-bond acceptors (Lipinski definition) is 6. The van der Waals surface area contributed by atoms with Crippen molar-refractivity contribution in [1.82, 2.24) is 24.9 Å². The summed E-state index contributed by atoms with van der Waals surface area (Å²) in [6.45, 7) is 8.57. The van der Waals surface area contributed by atoms with Crippen LogP contribution in [0, 0.1) is 12.7 Å². The smallest absolute Gasteiger partial charge is 0.173 e. The number of methoxy groups -OCH3 is 1. The van der Waals surface area contributed by atoms with Gasteiger partial charge in [-0.1, -0.05) is 0 Å². The average Bonchev–Trinajstić information content (AvgIpc) is 3.31. The molecule has 1 saturated heterocycles. The second-order valence-corrected chi connectivity index (χ2v) is 8.72. The second-order valence-electron chi connectivity index (χ2n) is 8.72. The lowest BCUT2D eigenvalue weighted by molar-refractivity contribution is 0.186. The quantitative estimate of drug-likeness (QED) is 0.441. The van der Waals surface area contributed by atoms with Crippen LogP contribution >= 0.6 is 0 Å². The Bertz CT molecular complexity index is 1270. The van der Waals surface area contributed by atoms with E-state index in [1.807, 2.05) is 13.1 Å². The molecule has 0 radical (unpaired) electrons. The Balaban J connectivity index is 1.53. The van der Waals surface area contributed by atoms with E-state index >= 15 is 0 Å². The fourth-order valence-corrected chi connectivity index (χ4v) is 4.69. The molecule has 1 aromatic carbocycles. The lowest BCUT2D eigenvalue weighted by atomic mass is 10.1. The molecule has 9 heteroatoms. The van der Waals surface area contributed by atoms with Gasteiger partial charge in [0.05, 0.1) is 23.5 Å². The maximum absolute atomic E-state index is 14.5. The number of hydrogen-bond donors (Lipinski definition) is 3. The summed E-state index contributed by atoms with van der Waals surface area (Å²) in [5, 5.41) is 15.4. The van der Waals surface area contributed by atoms with Crippen molar-refractivity contribution in [2.24, 2.45) is 0 Å². The Morgan fingerprint density at radius 3 is 2.72 bits per heavy atom. The van der Waals surface area contributed by atoms with Crippen molar-refractivity contribution in [1.29, 1.82) is 0 Å². The zero-order valence-corrected chi connectivity index (χ0v) is 18.7. The Kier molecular flexibility index (Phi) is 5.22. The number of aromatic nitrogens is 4. The summed E-state index contributed by atoms with van der Waals surface area (Å²) in [7, 11) is 1.69. The van der Waals surface area contributed by atoms with Gasteiger partial charge in [-0.25, -0.2) is 9.37 Å². The van der Waals surface area contributed by atoms with E-state index in [1.165, 1.54) is 6.07 Å². The van der Waals surface area contributed by atoms with Crippen molar-refractivity contribution in [3.05, 3.63) is 47.7 Å². The number of anilines is 3. The molecule has 0 saturated carbocycles. The van der Waals surface area contributed by atoms with Crippen LogP contribution in [0.15, 0.2) is 30.6 Å². The monoisotopic (exact) mass is 437 g/mol. The zero-order valence-electron chi connectivity index (χ0n) is 18.7. The van der Waals surface area contributed by atoms with Gasteiger partial charge in [0.1, 0.15) is 0 Å². The van der Waals surface area contributed by atoms with E-state index in [2.05, 4.69) is 56.7 Å². The van der Waals surface area contributed by atoms with E-state index in [4.69, 9.17) is 4.74 Å². The van der Waals surface area contributed by atoms with Crippen LogP contribution in [-0.2, 0) is 11.3 Å². The standard InChI is InChI=1S/C23H28FN7O/c1-13-8-30(9-14(2)25-13)18-5-16(12-32-4)21-20(7-18)28-29-22(21)27-17-6-19(24)23-26-15(3)10-31(23)11-17/h5-7,10-11,13-14,25H,8-9,12H2,1-4H3,(H2,27,28,29)/t13-,14-/m0/s1. The van der Waals surface area contributed by atoms with E-state index < -0.39 is 0 Å². The number of pyridine rings is 1. The van der Waals surface area contributed by atoms with Crippen molar-refractivity contribution in [2.45, 2.75) is 39.5 Å². The third-order valence-corrected chi connectivity index (χ3v) is 5.84. The van der Waals surface area contributed by atoms with Gasteiger partial charge in [0, 0.05) is 61.8 Å². The number of H-pyrrole nitrogens is 1. The number of nitrogens with zero attached hydrogens (tertiary/aromatic N) is 4. The van der Waals surface area contributed by atoms with Crippen LogP contribution in [0.4, 0.5) is 21.6 Å². The number of aryl methyl sites for hydroxylation is 1. The first-order valence-corrected chi connectivity index (χ1v) is 10.8. The largest absolute Gasteiger partial charge is 0.380 e. The minimum Gasteiger partial charge on any atom is -0.380 e. The molecule has 0 unspecified atom stereocenters. The van der Waals surface area contributed by atoms with E-state index in [-0.39, 0.29) is 5.82 Å². The lowest BCUT2D eigenvalue weighted by Gasteiger charge is -2.38. The Hall–Kier alpha value is -3.17. The molecule has 1 fully saturated rings. The van der Waals surface area contributed by atoms with Gasteiger partial charge in [0.25, 0.3) is 0 Å². The van der Waals surface area contributed by atoms with E-state index in [9.17, 15) is 4.39 Å². The number of aromatic amines is 1. The highest BCUT2D eigenvalue weighted by Gasteiger charge is 2.23. The van der Waals surface area contributed by atoms with Gasteiger partial charge in [-0.15, -0.1) is 0 Å². The Morgan fingerprint density at radius 1 is 1.19 bits per heavy atom. The number of rotatable bonds is 5. The number of ether oxygens (including phenoxy) is 1. The number of piperazine rings is 1. The van der Waals surface area contributed by atoms with Crippen LogP contribution < -0.4 is 15.5 Å². The molecule has 32 heavy (non-hydrogen) atoms. The molecule has 1 aliphatic heterocycles. The van der Waals surface area contributed by atoms with Crippen molar-refractivity contribution < 1.29 is 9.13 Å². The third-order valence-electron chi connectivity index (χ3n) is 5.84. The normalized spacial score (nSPS) is 19.2. The maximum atomic E-state index is 14.5. The van der Waals surface area contributed by atoms with E-state index in [0.717, 1.165) is 40.9 Å². The van der Waals surface area contributed by atoms with Gasteiger partial charge in [0.15, 0.2) is 17.3 Å². The molecule has 2 atom stereocenters. The molecule has 0 aliphatic carbocycles. The van der Waals surface area contributed by atoms with E-state index in [1.54, 1.807) is 17.7 Å². The lowest BCUT2D eigenvalue weighted by Crippen LogP contribution is -2.54. The molecule has 3 N–H and O–H groups in total. The molecule has 8 nitrogen and oxygen atoms in total. The molecular formula is C23H28FN7O. The fraction of sp³-hybridized carbons (Fsp3) is 0.391. The predicted molar refractivity (Wildman–Crippen MR) is 124 cm³/mol. The van der Waals surface area contributed by atoms with Crippen molar-refractivity contribution >= 4 is 33.7 Å². The summed E-state index contributed by atoms with van der Waals surface area (Å²) in [6, 6.07) is 6.56. The number of imidazole rings is 1. The first-order chi connectivity index (χ1) is 15.4.